The van der Waals surface area contributed by atoms with Crippen molar-refractivity contribution in [3.8, 4) is 17.2 Å². The van der Waals surface area contributed by atoms with E-state index in [0.29, 0.717) is 98.1 Å². The molecule has 3 N–H and O–H groups in total. The fraction of sp³-hybridized carbons (Fsp3) is 0.329. The number of phosphoric ester groups is 3. The van der Waals surface area contributed by atoms with Crippen LogP contribution in [0.3, 0.4) is 0 Å². The van der Waals surface area contributed by atoms with E-state index in [-0.39, 0.29) is 60.5 Å². The average molecular weight is 1580 g/mol. The number of H-pyrrole nitrogens is 1. The summed E-state index contributed by atoms with van der Waals surface area (Å²) in [5.41, 5.74) is 2.25. The number of aromatic nitrogens is 9. The topological polar surface area (TPSA) is 349 Å². The van der Waals surface area contributed by atoms with Crippen LogP contribution in [0.5, 0.6) is 17.2 Å². The van der Waals surface area contributed by atoms with Gasteiger partial charge in [0.05, 0.1) is 36.7 Å². The lowest BCUT2D eigenvalue weighted by Crippen LogP contribution is -2.28. The maximum absolute atomic E-state index is 13.3. The molecule has 12 unspecified atom stereocenters. The Morgan fingerprint density at radius 1 is 0.519 bits per heavy atom. The highest BCUT2D eigenvalue weighted by Crippen LogP contribution is 2.56. The van der Waals surface area contributed by atoms with Crippen LogP contribution in [-0.4, -0.2) is 113 Å². The predicted octanol–water partition coefficient (Wildman–Crippen LogP) is 16.0. The molecule has 562 valence electrons. The van der Waals surface area contributed by atoms with E-state index in [2.05, 4.69) is 40.5 Å². The summed E-state index contributed by atoms with van der Waals surface area (Å²) in [4.78, 5) is 73.9. The van der Waals surface area contributed by atoms with Gasteiger partial charge in [0.2, 0.25) is 0 Å². The highest BCUT2D eigenvalue weighted by molar-refractivity contribution is 7.49. The maximum Gasteiger partial charge on any atom is 0.530 e. The standard InChI is InChI=1S/C26H26ClN4O6P.C24H25ClN3O7P.C19H22ClN4O6P.CH4/c1-3-21-22(37-38(33,34-2)36-19-11-9-18(27)10-12-19)15-23(35-21)31-16-29-24-20(13-14-28-25(24)31)30-26(32)17-7-5-4-6-8-17;1-3-19-20(35-36(31,32-2)34-18-11-9-17(25)10-12-18)15-22(33-19)28-14-13-21(27-24(28)30)26-23(29)16-7-5-4-6-8-16;1-4-14-15(30-31(26,27-3)29-13-7-5-12(20)6-8-13)9-16(28-14)24-10-21-17-18(24)22-11(2)23-19(17)25;/h4-14,16,21-23H,3,15H2,1-2H3,(H,28,30,32);4-14,19-20,22H,3,15H2,1-2H3,(H,26,27,29,30);5-8,10,14-16H,4,9H2,1-3H3,(H,22,23,25);1H4. The van der Waals surface area contributed by atoms with Gasteiger partial charge in [-0.25, -0.2) is 38.4 Å². The number of aryl methyl sites for hydroxylation is 1. The number of carbonyl (C=O) groups is 2. The molecule has 0 bridgehead atoms. The van der Waals surface area contributed by atoms with Crippen molar-refractivity contribution in [3.05, 3.63) is 223 Å². The molecule has 36 heteroatoms. The summed E-state index contributed by atoms with van der Waals surface area (Å²) in [6, 6.07) is 39.8. The van der Waals surface area contributed by atoms with Crippen LogP contribution < -0.4 is 35.5 Å². The highest BCUT2D eigenvalue weighted by atomic mass is 35.5. The zero-order valence-corrected chi connectivity index (χ0v) is 62.4. The molecule has 30 nitrogen and oxygen atoms in total. The van der Waals surface area contributed by atoms with Crippen LogP contribution in [0.1, 0.15) is 112 Å². The van der Waals surface area contributed by atoms with Crippen LogP contribution in [-0.2, 0) is 55.0 Å². The quantitative estimate of drug-likeness (QED) is 0.0447. The van der Waals surface area contributed by atoms with Crippen molar-refractivity contribution in [1.82, 2.24) is 43.6 Å². The second kappa shape index (κ2) is 35.9. The Bertz CT molecular complexity index is 4920. The van der Waals surface area contributed by atoms with Crippen LogP contribution in [0.2, 0.25) is 15.1 Å². The molecule has 5 aromatic heterocycles. The fourth-order valence-electron chi connectivity index (χ4n) is 11.5. The largest absolute Gasteiger partial charge is 0.530 e. The van der Waals surface area contributed by atoms with Crippen molar-refractivity contribution in [3.63, 3.8) is 0 Å². The van der Waals surface area contributed by atoms with E-state index in [1.54, 1.807) is 162 Å². The van der Waals surface area contributed by atoms with Gasteiger partial charge in [-0.3, -0.25) is 55.2 Å². The lowest BCUT2D eigenvalue weighted by atomic mass is 10.1. The first-order valence-electron chi connectivity index (χ1n) is 32.9. The summed E-state index contributed by atoms with van der Waals surface area (Å²) in [6.07, 6.45) is 4.03. The number of pyridine rings is 1. The predicted molar refractivity (Wildman–Crippen MR) is 396 cm³/mol. The molecule has 10 aromatic rings. The first-order chi connectivity index (χ1) is 50.5. The minimum Gasteiger partial charge on any atom is -0.404 e. The number of halogens is 3. The molecule has 106 heavy (non-hydrogen) atoms. The van der Waals surface area contributed by atoms with Gasteiger partial charge in [0.25, 0.3) is 17.4 Å². The van der Waals surface area contributed by atoms with Gasteiger partial charge in [-0.15, -0.1) is 0 Å². The van der Waals surface area contributed by atoms with E-state index in [4.69, 9.17) is 89.7 Å². The molecule has 3 saturated heterocycles. The Kier molecular flexibility index (Phi) is 27.1. The van der Waals surface area contributed by atoms with Crippen molar-refractivity contribution in [2.75, 3.05) is 32.0 Å². The van der Waals surface area contributed by atoms with Gasteiger partial charge in [-0.2, -0.15) is 4.98 Å². The van der Waals surface area contributed by atoms with Gasteiger partial charge < -0.3 is 43.4 Å². The molecule has 3 fully saturated rings. The summed E-state index contributed by atoms with van der Waals surface area (Å²) in [5, 5.41) is 7.05. The van der Waals surface area contributed by atoms with Gasteiger partial charge >= 0.3 is 29.2 Å². The van der Waals surface area contributed by atoms with Gasteiger partial charge in [0.1, 0.15) is 71.4 Å². The summed E-state index contributed by atoms with van der Waals surface area (Å²) in [5.74, 6) is 0.825. The first kappa shape index (κ1) is 80.0. The second-order valence-corrected chi connectivity index (χ2v) is 29.8. The molecular formula is C70H77Cl3N11O19P3. The lowest BCUT2D eigenvalue weighted by Gasteiger charge is -2.22. The smallest absolute Gasteiger partial charge is 0.404 e. The number of hydrogen-bond donors (Lipinski definition) is 3. The number of amides is 2. The Morgan fingerprint density at radius 3 is 1.32 bits per heavy atom. The van der Waals surface area contributed by atoms with Crippen LogP contribution in [0.4, 0.5) is 11.5 Å². The van der Waals surface area contributed by atoms with Gasteiger partial charge in [-0.1, -0.05) is 99.4 Å². The summed E-state index contributed by atoms with van der Waals surface area (Å²) in [7, 11) is -8.12. The Labute approximate surface area is 624 Å². The molecule has 13 rings (SSSR count). The van der Waals surface area contributed by atoms with E-state index in [9.17, 15) is 32.9 Å². The van der Waals surface area contributed by atoms with Gasteiger partial charge in [0.15, 0.2) is 16.8 Å². The first-order valence-corrected chi connectivity index (χ1v) is 38.4. The summed E-state index contributed by atoms with van der Waals surface area (Å²) < 4.78 is 112. The molecule has 0 saturated carbocycles. The third-order valence-corrected chi connectivity index (χ3v) is 21.6. The number of carbonyl (C=O) groups excluding carboxylic acids is 2. The van der Waals surface area contributed by atoms with Gasteiger partial charge in [0, 0.05) is 79.2 Å². The number of benzene rings is 5. The number of nitrogens with zero attached hydrogens (tertiary/aromatic N) is 8. The summed E-state index contributed by atoms with van der Waals surface area (Å²) >= 11 is 17.7. The summed E-state index contributed by atoms with van der Waals surface area (Å²) in [6.45, 7) is 7.45. The van der Waals surface area contributed by atoms with E-state index >= 15 is 0 Å². The number of anilines is 2. The molecule has 0 aliphatic carbocycles. The zero-order chi connectivity index (χ0) is 74.6. The Morgan fingerprint density at radius 2 is 0.915 bits per heavy atom. The highest BCUT2D eigenvalue weighted by Gasteiger charge is 2.46. The molecule has 0 radical (unpaired) electrons. The number of rotatable bonds is 25. The SMILES string of the molecule is C.CCC1OC(n2ccc(NC(=O)c3ccccc3)nc2=O)CC1OP(=O)(OC)Oc1ccc(Cl)cc1.CCC1OC(n2cnc3c(=O)[nH]c(C)nc32)CC1OP(=O)(OC)Oc1ccc(Cl)cc1.CCC1OC(n2cnc3c(NC(=O)c4ccccc4)ccnc32)CC1OP(=O)(OC)Oc1ccc(Cl)cc1. The van der Waals surface area contributed by atoms with Gasteiger partial charge in [-0.05, 0) is 135 Å². The third-order valence-electron chi connectivity index (χ3n) is 16.6. The average Bonchev–Trinajstić information content (AvgIpc) is 1.63. The van der Waals surface area contributed by atoms with Crippen LogP contribution in [0.15, 0.2) is 180 Å². The zero-order valence-electron chi connectivity index (χ0n) is 57.4. The fourth-order valence-corrected chi connectivity index (χ4v) is 15.3. The molecule has 0 spiro atoms. The van der Waals surface area contributed by atoms with Crippen molar-refractivity contribution in [1.29, 1.82) is 0 Å². The van der Waals surface area contributed by atoms with E-state index < -0.39 is 72.3 Å². The number of fused-ring (bicyclic) bond motifs is 2. The number of ether oxygens (including phenoxy) is 3. The van der Waals surface area contributed by atoms with Crippen molar-refractivity contribution >= 4 is 104 Å². The third kappa shape index (κ3) is 19.8. The minimum atomic E-state index is -3.99. The molecular weight excluding hydrogens is 1500 g/mol. The number of nitrogens with one attached hydrogen (secondary N) is 3. The number of imidazole rings is 2. The number of phosphoric acid groups is 3. The molecule has 3 aliphatic rings. The van der Waals surface area contributed by atoms with E-state index in [0.717, 1.165) is 0 Å². The molecule has 3 aliphatic heterocycles. The molecule has 2 amide bonds. The van der Waals surface area contributed by atoms with Crippen molar-refractivity contribution in [2.45, 2.75) is 129 Å². The maximum atomic E-state index is 13.3. The molecule has 8 heterocycles. The van der Waals surface area contributed by atoms with Crippen molar-refractivity contribution < 1.29 is 78.2 Å². The van der Waals surface area contributed by atoms with E-state index in [1.165, 1.54) is 44.5 Å². The Hall–Kier alpha value is -8.51. The second-order valence-electron chi connectivity index (χ2n) is 23.6. The normalized spacial score (nSPS) is 21.4. The molecule has 5 aromatic carbocycles. The van der Waals surface area contributed by atoms with Crippen LogP contribution in [0.25, 0.3) is 22.3 Å². The van der Waals surface area contributed by atoms with Crippen molar-refractivity contribution in [2.24, 2.45) is 0 Å². The lowest BCUT2D eigenvalue weighted by molar-refractivity contribution is -0.0217. The van der Waals surface area contributed by atoms with Crippen LogP contribution in [0, 0.1) is 6.92 Å². The van der Waals surface area contributed by atoms with Crippen LogP contribution >= 0.6 is 58.3 Å². The number of aromatic amines is 1. The number of hydrogen-bond acceptors (Lipinski definition) is 24. The Balaban J connectivity index is 0.000000170. The monoisotopic (exact) mass is 1570 g/mol. The minimum absolute atomic E-state index is 0. The van der Waals surface area contributed by atoms with E-state index in [1.807, 2.05) is 26.8 Å². The molecule has 12 atom stereocenters.